The Balaban J connectivity index is 2.52. The molecule has 0 aromatic heterocycles. The molecule has 1 saturated carbocycles. The maximum atomic E-state index is 11.8. The minimum absolute atomic E-state index is 0.0573. The molecule has 1 rings (SSSR count). The zero-order chi connectivity index (χ0) is 13.5. The lowest BCUT2D eigenvalue weighted by atomic mass is 9.95. The van der Waals surface area contributed by atoms with Gasteiger partial charge < -0.3 is 11.1 Å². The van der Waals surface area contributed by atoms with Gasteiger partial charge in [0.05, 0.1) is 0 Å². The van der Waals surface area contributed by atoms with E-state index in [-0.39, 0.29) is 19.1 Å². The third kappa shape index (κ3) is 4.10. The number of carbonyl (C=O) groups is 3. The number of carbonyl (C=O) groups excluding carboxylic acids is 3. The minimum Gasteiger partial charge on any atom is -0.345 e. The standard InChI is InChI=1S/C12H21N3O3/c1-9(16)15(8-7-13)12(18)11(17)14-10-5-3-2-4-6-10/h10H,2-8,13H2,1H3,(H,14,17). The van der Waals surface area contributed by atoms with Crippen LogP contribution in [0.25, 0.3) is 0 Å². The Kier molecular flexibility index (Phi) is 5.77. The van der Waals surface area contributed by atoms with E-state index in [1.165, 1.54) is 13.3 Å². The molecule has 0 heterocycles. The third-order valence-corrected chi connectivity index (χ3v) is 3.11. The molecule has 18 heavy (non-hydrogen) atoms. The molecule has 0 aromatic carbocycles. The summed E-state index contributed by atoms with van der Waals surface area (Å²) in [4.78, 5) is 35.7. The summed E-state index contributed by atoms with van der Waals surface area (Å²) in [5.74, 6) is -1.96. The molecule has 0 aromatic rings. The van der Waals surface area contributed by atoms with E-state index in [1.54, 1.807) is 0 Å². The van der Waals surface area contributed by atoms with Gasteiger partial charge in [-0.3, -0.25) is 19.3 Å². The highest BCUT2D eigenvalue weighted by molar-refractivity contribution is 6.37. The molecule has 0 saturated heterocycles. The van der Waals surface area contributed by atoms with E-state index in [0.717, 1.165) is 30.6 Å². The zero-order valence-corrected chi connectivity index (χ0v) is 10.8. The van der Waals surface area contributed by atoms with Gasteiger partial charge in [-0.05, 0) is 12.8 Å². The molecular weight excluding hydrogens is 234 g/mol. The van der Waals surface area contributed by atoms with E-state index in [9.17, 15) is 14.4 Å². The summed E-state index contributed by atoms with van der Waals surface area (Å²) in [7, 11) is 0. The molecule has 0 atom stereocenters. The van der Waals surface area contributed by atoms with Crippen molar-refractivity contribution in [3.05, 3.63) is 0 Å². The van der Waals surface area contributed by atoms with Crippen LogP contribution in [0.15, 0.2) is 0 Å². The van der Waals surface area contributed by atoms with Gasteiger partial charge in [0.2, 0.25) is 5.91 Å². The maximum absolute atomic E-state index is 11.8. The molecular formula is C12H21N3O3. The Bertz CT molecular complexity index is 325. The van der Waals surface area contributed by atoms with Crippen LogP contribution in [0.3, 0.4) is 0 Å². The molecule has 1 aliphatic carbocycles. The molecule has 3 N–H and O–H groups in total. The van der Waals surface area contributed by atoms with Crippen molar-refractivity contribution < 1.29 is 14.4 Å². The molecule has 3 amide bonds. The van der Waals surface area contributed by atoms with Crippen molar-refractivity contribution in [2.75, 3.05) is 13.1 Å². The van der Waals surface area contributed by atoms with Gasteiger partial charge >= 0.3 is 11.8 Å². The fourth-order valence-electron chi connectivity index (χ4n) is 2.15. The van der Waals surface area contributed by atoms with E-state index >= 15 is 0 Å². The first-order valence-corrected chi connectivity index (χ1v) is 6.39. The second-order valence-corrected chi connectivity index (χ2v) is 4.57. The lowest BCUT2D eigenvalue weighted by Crippen LogP contribution is -2.49. The van der Waals surface area contributed by atoms with E-state index in [4.69, 9.17) is 5.73 Å². The number of amides is 3. The molecule has 0 aliphatic heterocycles. The van der Waals surface area contributed by atoms with Crippen molar-refractivity contribution >= 4 is 17.7 Å². The Morgan fingerprint density at radius 3 is 2.33 bits per heavy atom. The summed E-state index contributed by atoms with van der Waals surface area (Å²) in [6, 6.07) is 0.0573. The summed E-state index contributed by atoms with van der Waals surface area (Å²) in [6.45, 7) is 1.48. The van der Waals surface area contributed by atoms with Gasteiger partial charge in [-0.2, -0.15) is 0 Å². The first-order valence-electron chi connectivity index (χ1n) is 6.39. The largest absolute Gasteiger partial charge is 0.345 e. The average molecular weight is 255 g/mol. The van der Waals surface area contributed by atoms with Crippen LogP contribution in [-0.2, 0) is 14.4 Å². The second kappa shape index (κ2) is 7.10. The highest BCUT2D eigenvalue weighted by Gasteiger charge is 2.26. The molecule has 0 bridgehead atoms. The Hall–Kier alpha value is -1.43. The van der Waals surface area contributed by atoms with Crippen LogP contribution in [0.4, 0.5) is 0 Å². The van der Waals surface area contributed by atoms with Crippen LogP contribution >= 0.6 is 0 Å². The smallest absolute Gasteiger partial charge is 0.318 e. The lowest BCUT2D eigenvalue weighted by molar-refractivity contribution is -0.152. The fraction of sp³-hybridized carbons (Fsp3) is 0.750. The number of nitrogens with one attached hydrogen (secondary N) is 1. The fourth-order valence-corrected chi connectivity index (χ4v) is 2.15. The number of rotatable bonds is 3. The molecule has 0 unspecified atom stereocenters. The number of imide groups is 1. The zero-order valence-electron chi connectivity index (χ0n) is 10.8. The van der Waals surface area contributed by atoms with Gasteiger partial charge in [-0.1, -0.05) is 19.3 Å². The monoisotopic (exact) mass is 255 g/mol. The Morgan fingerprint density at radius 2 is 1.83 bits per heavy atom. The first kappa shape index (κ1) is 14.6. The summed E-state index contributed by atoms with van der Waals surface area (Å²) in [6.07, 6.45) is 5.11. The molecule has 0 radical (unpaired) electrons. The molecule has 6 nitrogen and oxygen atoms in total. The van der Waals surface area contributed by atoms with Crippen molar-refractivity contribution in [2.45, 2.75) is 45.1 Å². The van der Waals surface area contributed by atoms with Gasteiger partial charge in [-0.15, -0.1) is 0 Å². The topological polar surface area (TPSA) is 92.5 Å². The quantitative estimate of drug-likeness (QED) is 0.681. The van der Waals surface area contributed by atoms with Crippen molar-refractivity contribution in [3.8, 4) is 0 Å². The Labute approximate surface area is 107 Å². The third-order valence-electron chi connectivity index (χ3n) is 3.11. The number of hydrogen-bond acceptors (Lipinski definition) is 4. The maximum Gasteiger partial charge on any atom is 0.318 e. The molecule has 1 aliphatic rings. The SMILES string of the molecule is CC(=O)N(CCN)C(=O)C(=O)NC1CCCCC1. The normalized spacial score (nSPS) is 16.1. The number of nitrogens with two attached hydrogens (primary N) is 1. The highest BCUT2D eigenvalue weighted by atomic mass is 16.2. The van der Waals surface area contributed by atoms with Crippen LogP contribution in [0.2, 0.25) is 0 Å². The summed E-state index contributed by atoms with van der Waals surface area (Å²) in [5.41, 5.74) is 5.31. The predicted octanol–water partition coefficient (Wildman–Crippen LogP) is -0.231. The van der Waals surface area contributed by atoms with Crippen LogP contribution in [0.5, 0.6) is 0 Å². The summed E-state index contributed by atoms with van der Waals surface area (Å²) < 4.78 is 0. The average Bonchev–Trinajstić information content (AvgIpc) is 2.36. The van der Waals surface area contributed by atoms with Crippen LogP contribution < -0.4 is 11.1 Å². The van der Waals surface area contributed by atoms with Gasteiger partial charge in [-0.25, -0.2) is 0 Å². The molecule has 6 heteroatoms. The van der Waals surface area contributed by atoms with Crippen LogP contribution in [-0.4, -0.2) is 41.8 Å². The summed E-state index contributed by atoms with van der Waals surface area (Å²) in [5, 5.41) is 2.69. The first-order chi connectivity index (χ1) is 8.56. The molecule has 102 valence electrons. The van der Waals surface area contributed by atoms with Crippen molar-refractivity contribution in [1.82, 2.24) is 10.2 Å². The molecule has 1 fully saturated rings. The van der Waals surface area contributed by atoms with Crippen LogP contribution in [0, 0.1) is 0 Å². The van der Waals surface area contributed by atoms with E-state index in [2.05, 4.69) is 5.32 Å². The van der Waals surface area contributed by atoms with Crippen molar-refractivity contribution in [2.24, 2.45) is 5.73 Å². The van der Waals surface area contributed by atoms with Crippen LogP contribution in [0.1, 0.15) is 39.0 Å². The summed E-state index contributed by atoms with van der Waals surface area (Å²) >= 11 is 0. The van der Waals surface area contributed by atoms with Gasteiger partial charge in [0.15, 0.2) is 0 Å². The van der Waals surface area contributed by atoms with E-state index in [0.29, 0.717) is 0 Å². The highest BCUT2D eigenvalue weighted by Crippen LogP contribution is 2.17. The lowest BCUT2D eigenvalue weighted by Gasteiger charge is -2.24. The Morgan fingerprint density at radius 1 is 1.22 bits per heavy atom. The number of hydrogen-bond donors (Lipinski definition) is 2. The molecule has 0 spiro atoms. The predicted molar refractivity (Wildman–Crippen MR) is 66.5 cm³/mol. The second-order valence-electron chi connectivity index (χ2n) is 4.57. The van der Waals surface area contributed by atoms with Gasteiger partial charge in [0.25, 0.3) is 0 Å². The van der Waals surface area contributed by atoms with Crippen molar-refractivity contribution in [1.29, 1.82) is 0 Å². The van der Waals surface area contributed by atoms with Crippen molar-refractivity contribution in [3.63, 3.8) is 0 Å². The number of nitrogens with zero attached hydrogens (tertiary/aromatic N) is 1. The van der Waals surface area contributed by atoms with E-state index < -0.39 is 17.7 Å². The van der Waals surface area contributed by atoms with Gasteiger partial charge in [0, 0.05) is 26.1 Å². The minimum atomic E-state index is -0.807. The van der Waals surface area contributed by atoms with E-state index in [1.807, 2.05) is 0 Å². The van der Waals surface area contributed by atoms with Gasteiger partial charge in [0.1, 0.15) is 0 Å².